The molecule has 2 nitrogen and oxygen atoms in total. The van der Waals surface area contributed by atoms with Crippen LogP contribution in [-0.2, 0) is 4.57 Å². The van der Waals surface area contributed by atoms with E-state index in [9.17, 15) is 13.3 Å². The number of anilines is 3. The molecule has 0 fully saturated rings. The Kier molecular flexibility index (Phi) is 6.31. The highest BCUT2D eigenvalue weighted by molar-refractivity contribution is 7.85. The molecule has 0 spiro atoms. The maximum Gasteiger partial charge on any atom is 0.171 e. The van der Waals surface area contributed by atoms with Crippen molar-refractivity contribution in [3.05, 3.63) is 145 Å². The van der Waals surface area contributed by atoms with E-state index in [1.165, 1.54) is 24.3 Å². The molecule has 0 radical (unpaired) electrons. The van der Waals surface area contributed by atoms with E-state index in [2.05, 4.69) is 0 Å². The smallest absolute Gasteiger partial charge is 0.171 e. The van der Waals surface area contributed by atoms with E-state index in [-0.39, 0.29) is 11.6 Å². The topological polar surface area (TPSA) is 20.3 Å². The SMILES string of the molecule is O=P(c1ccccc1)(c1ccccc1)c1cccc(N(c2ccc(F)cc2)c2ccc(F)cc2)c1. The molecule has 5 aromatic rings. The monoisotopic (exact) mass is 481 g/mol. The molecule has 0 N–H and O–H groups in total. The maximum atomic E-state index is 14.8. The fourth-order valence-corrected chi connectivity index (χ4v) is 6.87. The van der Waals surface area contributed by atoms with Gasteiger partial charge in [-0.1, -0.05) is 72.8 Å². The molecule has 0 saturated heterocycles. The van der Waals surface area contributed by atoms with Crippen LogP contribution >= 0.6 is 7.14 Å². The minimum absolute atomic E-state index is 0.348. The third-order valence-electron chi connectivity index (χ3n) is 5.86. The van der Waals surface area contributed by atoms with Crippen molar-refractivity contribution in [1.82, 2.24) is 0 Å². The van der Waals surface area contributed by atoms with Crippen LogP contribution in [0.3, 0.4) is 0 Å². The highest BCUT2D eigenvalue weighted by Crippen LogP contribution is 2.44. The van der Waals surface area contributed by atoms with Crippen molar-refractivity contribution in [3.63, 3.8) is 0 Å². The van der Waals surface area contributed by atoms with Crippen molar-refractivity contribution in [3.8, 4) is 0 Å². The van der Waals surface area contributed by atoms with Crippen molar-refractivity contribution in [2.24, 2.45) is 0 Å². The summed E-state index contributed by atoms with van der Waals surface area (Å²) >= 11 is 0. The van der Waals surface area contributed by atoms with Crippen LogP contribution in [0.4, 0.5) is 25.8 Å². The predicted molar refractivity (Wildman–Crippen MR) is 140 cm³/mol. The number of rotatable bonds is 6. The molecule has 0 unspecified atom stereocenters. The van der Waals surface area contributed by atoms with Crippen molar-refractivity contribution in [1.29, 1.82) is 0 Å². The van der Waals surface area contributed by atoms with E-state index in [1.54, 1.807) is 24.3 Å². The molecule has 172 valence electrons. The molecule has 0 aliphatic carbocycles. The second-order valence-electron chi connectivity index (χ2n) is 8.09. The lowest BCUT2D eigenvalue weighted by Gasteiger charge is -2.27. The fourth-order valence-electron chi connectivity index (χ4n) is 4.18. The summed E-state index contributed by atoms with van der Waals surface area (Å²) in [5.74, 6) is -0.696. The number of hydrogen-bond acceptors (Lipinski definition) is 2. The molecular weight excluding hydrogens is 459 g/mol. The summed E-state index contributed by atoms with van der Waals surface area (Å²) in [6, 6.07) is 38.6. The molecule has 5 rings (SSSR count). The molecule has 0 heterocycles. The third-order valence-corrected chi connectivity index (χ3v) is 8.92. The number of nitrogens with zero attached hydrogens (tertiary/aromatic N) is 1. The van der Waals surface area contributed by atoms with Crippen LogP contribution in [0.2, 0.25) is 0 Å². The number of halogens is 2. The van der Waals surface area contributed by atoms with E-state index < -0.39 is 7.14 Å². The first-order chi connectivity index (χ1) is 17.1. The summed E-state index contributed by atoms with van der Waals surface area (Å²) in [4.78, 5) is 1.89. The average Bonchev–Trinajstić information content (AvgIpc) is 2.92. The van der Waals surface area contributed by atoms with Gasteiger partial charge in [-0.2, -0.15) is 0 Å². The second kappa shape index (κ2) is 9.69. The summed E-state index contributed by atoms with van der Waals surface area (Å²) in [7, 11) is -3.19. The molecule has 0 aliphatic heterocycles. The van der Waals surface area contributed by atoms with Crippen molar-refractivity contribution >= 4 is 40.1 Å². The molecule has 5 heteroatoms. The van der Waals surface area contributed by atoms with Gasteiger partial charge in [-0.25, -0.2) is 8.78 Å². The van der Waals surface area contributed by atoms with Gasteiger partial charge >= 0.3 is 0 Å². The number of benzene rings is 5. The summed E-state index contributed by atoms with van der Waals surface area (Å²) in [6.07, 6.45) is 0. The quantitative estimate of drug-likeness (QED) is 0.242. The standard InChI is InChI=1S/C30H22F2NOP/c31-23-14-18-25(19-15-23)33(26-20-16-24(32)17-21-26)27-8-7-13-30(22-27)35(34,28-9-3-1-4-10-28)29-11-5-2-6-12-29/h1-22H. The average molecular weight is 481 g/mol. The van der Waals surface area contributed by atoms with Gasteiger partial charge in [-0.3, -0.25) is 0 Å². The lowest BCUT2D eigenvalue weighted by atomic mass is 10.2. The van der Waals surface area contributed by atoms with E-state index in [4.69, 9.17) is 0 Å². The molecule has 0 amide bonds. The van der Waals surface area contributed by atoms with Crippen LogP contribution in [-0.4, -0.2) is 0 Å². The van der Waals surface area contributed by atoms with Gasteiger partial charge in [0, 0.05) is 33.0 Å². The lowest BCUT2D eigenvalue weighted by Crippen LogP contribution is -2.25. The first-order valence-corrected chi connectivity index (χ1v) is 12.9. The predicted octanol–water partition coefficient (Wildman–Crippen LogP) is 7.07. The lowest BCUT2D eigenvalue weighted by molar-refractivity contribution is 0.592. The zero-order valence-corrected chi connectivity index (χ0v) is 19.7. The summed E-state index contributed by atoms with van der Waals surface area (Å²) in [6.45, 7) is 0. The Morgan fingerprint density at radius 1 is 0.457 bits per heavy atom. The first kappa shape index (κ1) is 22.8. The minimum Gasteiger partial charge on any atom is -0.310 e. The molecule has 0 atom stereocenters. The zero-order chi connectivity index (χ0) is 24.3. The highest BCUT2D eigenvalue weighted by atomic mass is 31.2. The Morgan fingerprint density at radius 3 is 1.34 bits per heavy atom. The Hall–Kier alpha value is -4.01. The van der Waals surface area contributed by atoms with Gasteiger partial charge in [0.15, 0.2) is 7.14 Å². The van der Waals surface area contributed by atoms with Gasteiger partial charge in [0.2, 0.25) is 0 Å². The molecule has 0 aliphatic rings. The second-order valence-corrected chi connectivity index (χ2v) is 10.9. The highest BCUT2D eigenvalue weighted by Gasteiger charge is 2.30. The van der Waals surface area contributed by atoms with Gasteiger partial charge in [-0.05, 0) is 60.7 Å². The van der Waals surface area contributed by atoms with Crippen molar-refractivity contribution in [2.45, 2.75) is 0 Å². The van der Waals surface area contributed by atoms with Gasteiger partial charge < -0.3 is 9.46 Å². The van der Waals surface area contributed by atoms with Crippen LogP contribution < -0.4 is 20.8 Å². The first-order valence-electron chi connectivity index (χ1n) is 11.2. The van der Waals surface area contributed by atoms with Crippen LogP contribution in [0.15, 0.2) is 133 Å². The molecule has 0 bridgehead atoms. The van der Waals surface area contributed by atoms with Crippen LogP contribution in [0.1, 0.15) is 0 Å². The van der Waals surface area contributed by atoms with E-state index in [0.717, 1.165) is 16.3 Å². The number of hydrogen-bond donors (Lipinski definition) is 0. The molecule has 0 saturated carbocycles. The largest absolute Gasteiger partial charge is 0.310 e. The van der Waals surface area contributed by atoms with Crippen LogP contribution in [0.25, 0.3) is 0 Å². The normalized spacial score (nSPS) is 11.3. The van der Waals surface area contributed by atoms with Gasteiger partial charge in [-0.15, -0.1) is 0 Å². The Bertz CT molecular complexity index is 1380. The van der Waals surface area contributed by atoms with Crippen LogP contribution in [0.5, 0.6) is 0 Å². The molecule has 0 aromatic heterocycles. The van der Waals surface area contributed by atoms with E-state index in [0.29, 0.717) is 16.7 Å². The molecule has 35 heavy (non-hydrogen) atoms. The van der Waals surface area contributed by atoms with Gasteiger partial charge in [0.05, 0.1) is 0 Å². The third kappa shape index (κ3) is 4.53. The Morgan fingerprint density at radius 2 is 0.886 bits per heavy atom. The van der Waals surface area contributed by atoms with Gasteiger partial charge in [0.1, 0.15) is 11.6 Å². The summed E-state index contributed by atoms with van der Waals surface area (Å²) in [5.41, 5.74) is 2.13. The summed E-state index contributed by atoms with van der Waals surface area (Å²) < 4.78 is 42.2. The van der Waals surface area contributed by atoms with E-state index in [1.807, 2.05) is 89.8 Å². The zero-order valence-electron chi connectivity index (χ0n) is 18.8. The summed E-state index contributed by atoms with van der Waals surface area (Å²) in [5, 5.41) is 2.14. The Balaban J connectivity index is 1.70. The molecular formula is C30H22F2NOP. The van der Waals surface area contributed by atoms with Crippen molar-refractivity contribution < 1.29 is 13.3 Å². The fraction of sp³-hybridized carbons (Fsp3) is 0. The Labute approximate surface area is 203 Å². The van der Waals surface area contributed by atoms with Crippen LogP contribution in [0, 0.1) is 11.6 Å². The van der Waals surface area contributed by atoms with E-state index >= 15 is 0 Å². The minimum atomic E-state index is -3.19. The van der Waals surface area contributed by atoms with Gasteiger partial charge in [0.25, 0.3) is 0 Å². The molecule has 5 aromatic carbocycles. The van der Waals surface area contributed by atoms with Crippen molar-refractivity contribution in [2.75, 3.05) is 4.90 Å². The maximum absolute atomic E-state index is 14.8.